The molecule has 42 heavy (non-hydrogen) atoms. The maximum absolute atomic E-state index is 12.6. The highest BCUT2D eigenvalue weighted by atomic mass is 16.6. The van der Waals surface area contributed by atoms with E-state index in [1.807, 2.05) is 36.4 Å². The van der Waals surface area contributed by atoms with Crippen molar-refractivity contribution in [1.29, 1.82) is 0 Å². The van der Waals surface area contributed by atoms with Crippen LogP contribution in [0.25, 0.3) is 11.1 Å². The summed E-state index contributed by atoms with van der Waals surface area (Å²) in [7, 11) is 0. The fourth-order valence-corrected chi connectivity index (χ4v) is 4.31. The van der Waals surface area contributed by atoms with Crippen molar-refractivity contribution in [3.05, 3.63) is 103 Å². The molecular formula is C34H34O8. The molecule has 3 aromatic rings. The Bertz CT molecular complexity index is 1360. The van der Waals surface area contributed by atoms with Crippen LogP contribution < -0.4 is 14.2 Å². The van der Waals surface area contributed by atoms with Crippen molar-refractivity contribution >= 4 is 17.9 Å². The zero-order valence-corrected chi connectivity index (χ0v) is 23.4. The summed E-state index contributed by atoms with van der Waals surface area (Å²) >= 11 is 0. The van der Waals surface area contributed by atoms with Crippen LogP contribution in [0.4, 0.5) is 0 Å². The van der Waals surface area contributed by atoms with Gasteiger partial charge in [0.1, 0.15) is 36.6 Å². The van der Waals surface area contributed by atoms with Crippen molar-refractivity contribution in [2.24, 2.45) is 0 Å². The van der Waals surface area contributed by atoms with E-state index >= 15 is 0 Å². The van der Waals surface area contributed by atoms with Crippen LogP contribution >= 0.6 is 0 Å². The molecule has 3 aromatic carbocycles. The number of carbonyl (C=O) groups excluding carboxylic acids is 3. The van der Waals surface area contributed by atoms with E-state index in [0.717, 1.165) is 42.9 Å². The van der Waals surface area contributed by atoms with E-state index in [1.54, 1.807) is 36.4 Å². The largest absolute Gasteiger partial charge is 0.494 e. The monoisotopic (exact) mass is 570 g/mol. The van der Waals surface area contributed by atoms with Gasteiger partial charge in [0.05, 0.1) is 12.2 Å². The number of carbonyl (C=O) groups is 3. The summed E-state index contributed by atoms with van der Waals surface area (Å²) in [5, 5.41) is 0. The van der Waals surface area contributed by atoms with Crippen LogP contribution in [-0.2, 0) is 19.1 Å². The minimum absolute atomic E-state index is 0.0376. The molecule has 0 radical (unpaired) electrons. The molecule has 8 heteroatoms. The smallest absolute Gasteiger partial charge is 0.343 e. The molecule has 218 valence electrons. The zero-order chi connectivity index (χ0) is 29.7. The minimum Gasteiger partial charge on any atom is -0.494 e. The third-order valence-electron chi connectivity index (χ3n) is 6.58. The number of esters is 3. The van der Waals surface area contributed by atoms with E-state index in [9.17, 15) is 14.4 Å². The topological polar surface area (TPSA) is 97.4 Å². The molecule has 0 aromatic heterocycles. The molecule has 0 bridgehead atoms. The van der Waals surface area contributed by atoms with Gasteiger partial charge < -0.3 is 23.7 Å². The second kappa shape index (κ2) is 15.2. The lowest BCUT2D eigenvalue weighted by atomic mass is 10.1. The first-order valence-corrected chi connectivity index (χ1v) is 13.9. The highest BCUT2D eigenvalue weighted by molar-refractivity contribution is 5.91. The Labute approximate surface area is 245 Å². The van der Waals surface area contributed by atoms with E-state index in [1.165, 1.54) is 0 Å². The van der Waals surface area contributed by atoms with Crippen molar-refractivity contribution in [3.8, 4) is 28.4 Å². The van der Waals surface area contributed by atoms with E-state index in [4.69, 9.17) is 23.7 Å². The van der Waals surface area contributed by atoms with E-state index in [-0.39, 0.29) is 25.3 Å². The van der Waals surface area contributed by atoms with Gasteiger partial charge in [0.15, 0.2) is 0 Å². The van der Waals surface area contributed by atoms with Gasteiger partial charge in [-0.2, -0.15) is 0 Å². The molecule has 0 N–H and O–H groups in total. The number of benzene rings is 3. The molecule has 1 atom stereocenters. The lowest BCUT2D eigenvalue weighted by Crippen LogP contribution is -2.10. The molecule has 0 aliphatic carbocycles. The number of hydrogen-bond acceptors (Lipinski definition) is 8. The number of hydrogen-bond donors (Lipinski definition) is 0. The predicted molar refractivity (Wildman–Crippen MR) is 158 cm³/mol. The molecule has 1 aliphatic heterocycles. The highest BCUT2D eigenvalue weighted by Gasteiger charge is 2.26. The third kappa shape index (κ3) is 9.09. The van der Waals surface area contributed by atoms with E-state index in [2.05, 4.69) is 13.2 Å². The molecule has 8 nitrogen and oxygen atoms in total. The minimum atomic E-state index is -0.482. The van der Waals surface area contributed by atoms with E-state index in [0.29, 0.717) is 41.4 Å². The lowest BCUT2D eigenvalue weighted by molar-refractivity contribution is -0.139. The van der Waals surface area contributed by atoms with Crippen LogP contribution in [0, 0.1) is 0 Å². The molecule has 1 heterocycles. The standard InChI is InChI=1S/C34H34O8/c1-3-32(35)40-22-21-39-29-14-8-25(9-15-29)26-10-18-30(19-11-26)41-34(37)27-12-16-28(17-13-27)38-20-6-4-5-7-31-23-24(2)33(36)42-31/h3,8-19,31H,1-2,4-7,20-23H2. The van der Waals surface area contributed by atoms with Gasteiger partial charge >= 0.3 is 17.9 Å². The average molecular weight is 571 g/mol. The van der Waals surface area contributed by atoms with Gasteiger partial charge in [-0.25, -0.2) is 14.4 Å². The zero-order valence-electron chi connectivity index (χ0n) is 23.4. The van der Waals surface area contributed by atoms with Crippen LogP contribution in [0.2, 0.25) is 0 Å². The van der Waals surface area contributed by atoms with Crippen LogP contribution in [0.15, 0.2) is 97.6 Å². The first-order chi connectivity index (χ1) is 20.4. The summed E-state index contributed by atoms with van der Waals surface area (Å²) in [6.07, 6.45) is 5.35. The Kier molecular flexibility index (Phi) is 10.9. The van der Waals surface area contributed by atoms with Gasteiger partial charge in [-0.3, -0.25) is 0 Å². The SMILES string of the molecule is C=CC(=O)OCCOc1ccc(-c2ccc(OC(=O)c3ccc(OCCCCCC4CC(=C)C(=O)O4)cc3)cc2)cc1. The Balaban J connectivity index is 1.16. The van der Waals surface area contributed by atoms with Crippen molar-refractivity contribution < 1.29 is 38.1 Å². The Morgan fingerprint density at radius 1 is 0.786 bits per heavy atom. The fourth-order valence-electron chi connectivity index (χ4n) is 4.31. The summed E-state index contributed by atoms with van der Waals surface area (Å²) in [5.41, 5.74) is 2.91. The van der Waals surface area contributed by atoms with Crippen molar-refractivity contribution in [2.75, 3.05) is 19.8 Å². The first-order valence-electron chi connectivity index (χ1n) is 13.9. The van der Waals surface area contributed by atoms with Crippen molar-refractivity contribution in [2.45, 2.75) is 38.2 Å². The number of ether oxygens (including phenoxy) is 5. The summed E-state index contributed by atoms with van der Waals surface area (Å²) < 4.78 is 27.0. The van der Waals surface area contributed by atoms with Gasteiger partial charge in [-0.1, -0.05) is 37.4 Å². The predicted octanol–water partition coefficient (Wildman–Crippen LogP) is 6.49. The fraction of sp³-hybridized carbons (Fsp3) is 0.265. The maximum atomic E-state index is 12.6. The molecule has 0 spiro atoms. The second-order valence-corrected chi connectivity index (χ2v) is 9.72. The van der Waals surface area contributed by atoms with Crippen LogP contribution in [0.1, 0.15) is 42.5 Å². The highest BCUT2D eigenvalue weighted by Crippen LogP contribution is 2.26. The van der Waals surface area contributed by atoms with Crippen LogP contribution in [0.3, 0.4) is 0 Å². The van der Waals surface area contributed by atoms with Gasteiger partial charge in [-0.05, 0) is 85.3 Å². The van der Waals surface area contributed by atoms with Crippen LogP contribution in [0.5, 0.6) is 17.2 Å². The molecule has 1 unspecified atom stereocenters. The second-order valence-electron chi connectivity index (χ2n) is 9.72. The molecular weight excluding hydrogens is 536 g/mol. The Morgan fingerprint density at radius 3 is 1.98 bits per heavy atom. The van der Waals surface area contributed by atoms with Crippen molar-refractivity contribution in [3.63, 3.8) is 0 Å². The summed E-state index contributed by atoms with van der Waals surface area (Å²) in [6, 6.07) is 21.6. The average Bonchev–Trinajstić information content (AvgIpc) is 3.34. The Morgan fingerprint density at radius 2 is 1.38 bits per heavy atom. The molecule has 1 fully saturated rings. The molecule has 0 saturated carbocycles. The van der Waals surface area contributed by atoms with Crippen molar-refractivity contribution in [1.82, 2.24) is 0 Å². The molecule has 1 saturated heterocycles. The number of unbranched alkanes of at least 4 members (excludes halogenated alkanes) is 2. The van der Waals surface area contributed by atoms with Gasteiger partial charge in [0.25, 0.3) is 0 Å². The normalized spacial score (nSPS) is 14.1. The third-order valence-corrected chi connectivity index (χ3v) is 6.58. The summed E-state index contributed by atoms with van der Waals surface area (Å²) in [6.45, 7) is 8.00. The molecule has 4 rings (SSSR count). The lowest BCUT2D eigenvalue weighted by Gasteiger charge is -2.10. The van der Waals surface area contributed by atoms with Gasteiger partial charge in [-0.15, -0.1) is 0 Å². The van der Waals surface area contributed by atoms with Gasteiger partial charge in [0, 0.05) is 18.1 Å². The summed E-state index contributed by atoms with van der Waals surface area (Å²) in [4.78, 5) is 35.0. The maximum Gasteiger partial charge on any atom is 0.343 e. The number of rotatable bonds is 15. The summed E-state index contributed by atoms with van der Waals surface area (Å²) in [5.74, 6) is 0.573. The Hall–Kier alpha value is -4.85. The first kappa shape index (κ1) is 30.1. The molecule has 0 amide bonds. The quantitative estimate of drug-likeness (QED) is 0.0885. The van der Waals surface area contributed by atoms with Gasteiger partial charge in [0.2, 0.25) is 0 Å². The number of cyclic esters (lactones) is 1. The molecule has 1 aliphatic rings. The van der Waals surface area contributed by atoms with Crippen LogP contribution in [-0.4, -0.2) is 43.8 Å². The van der Waals surface area contributed by atoms with E-state index < -0.39 is 11.9 Å².